The third kappa shape index (κ3) is 13.4. The maximum absolute atomic E-state index is 10.2. The molecule has 2 aromatic rings. The van der Waals surface area contributed by atoms with Crippen LogP contribution < -0.4 is 0 Å². The topological polar surface area (TPSA) is 53.4 Å². The number of carbonyl (C=O) groups is 1. The molecule has 0 unspecified atom stereocenters. The number of aliphatic carboxylic acids is 1. The number of carboxylic acid groups (broad SMARTS) is 1. The van der Waals surface area contributed by atoms with Crippen molar-refractivity contribution in [2.75, 3.05) is 20.6 Å². The van der Waals surface area contributed by atoms with Crippen molar-refractivity contribution in [3.8, 4) is 0 Å². The van der Waals surface area contributed by atoms with Gasteiger partial charge in [-0.2, -0.15) is 0 Å². The zero-order chi connectivity index (χ0) is 23.6. The Morgan fingerprint density at radius 3 is 2.28 bits per heavy atom. The van der Waals surface area contributed by atoms with Gasteiger partial charge in [0.25, 0.3) is 0 Å². The Balaban J connectivity index is 0.000000347. The molecule has 0 amide bonds. The van der Waals surface area contributed by atoms with Gasteiger partial charge in [0.15, 0.2) is 0 Å². The summed E-state index contributed by atoms with van der Waals surface area (Å²) >= 11 is 3.49. The number of nitrogens with zero attached hydrogens (tertiary/aromatic N) is 2. The average Bonchev–Trinajstić information content (AvgIpc) is 2.78. The molecule has 1 atom stereocenters. The normalized spacial score (nSPS) is 11.5. The lowest BCUT2D eigenvalue weighted by molar-refractivity contribution is -0.137. The van der Waals surface area contributed by atoms with Gasteiger partial charge in [0.1, 0.15) is 0 Å². The molecule has 0 fully saturated rings. The van der Waals surface area contributed by atoms with Gasteiger partial charge in [0.2, 0.25) is 0 Å². The van der Waals surface area contributed by atoms with Crippen LogP contribution in [0.1, 0.15) is 75.0 Å². The van der Waals surface area contributed by atoms with Gasteiger partial charge in [-0.05, 0) is 76.2 Å². The Labute approximate surface area is 202 Å². The van der Waals surface area contributed by atoms with Crippen LogP contribution in [0.4, 0.5) is 0 Å². The molecule has 0 aliphatic rings. The SMILES string of the molecule is C=CCCCCCCCCC(=O)O.CN(C)CC[C@@H](c1ccc(Br)cc1)c1ccccn1. The molecule has 0 spiro atoms. The van der Waals surface area contributed by atoms with E-state index in [1.165, 1.54) is 31.2 Å². The van der Waals surface area contributed by atoms with Gasteiger partial charge in [-0.3, -0.25) is 9.78 Å². The average molecular weight is 504 g/mol. The summed E-state index contributed by atoms with van der Waals surface area (Å²) in [6, 6.07) is 14.7. The zero-order valence-corrected chi connectivity index (χ0v) is 21.3. The number of unbranched alkanes of at least 4 members (excludes halogenated alkanes) is 6. The summed E-state index contributed by atoms with van der Waals surface area (Å²) in [5, 5.41) is 8.38. The fourth-order valence-electron chi connectivity index (χ4n) is 3.42. The summed E-state index contributed by atoms with van der Waals surface area (Å²) in [6.45, 7) is 4.71. The van der Waals surface area contributed by atoms with Crippen LogP contribution >= 0.6 is 15.9 Å². The van der Waals surface area contributed by atoms with Crippen LogP contribution in [0.3, 0.4) is 0 Å². The first kappa shape index (κ1) is 28.1. The molecule has 4 nitrogen and oxygen atoms in total. The first-order valence-corrected chi connectivity index (χ1v) is 12.4. The predicted molar refractivity (Wildman–Crippen MR) is 138 cm³/mol. The van der Waals surface area contributed by atoms with E-state index in [-0.39, 0.29) is 0 Å². The number of carboxylic acids is 1. The van der Waals surface area contributed by atoms with Crippen molar-refractivity contribution in [3.05, 3.63) is 77.0 Å². The highest BCUT2D eigenvalue weighted by Crippen LogP contribution is 2.27. The highest BCUT2D eigenvalue weighted by Gasteiger charge is 2.15. The summed E-state index contributed by atoms with van der Waals surface area (Å²) in [4.78, 5) is 16.9. The minimum atomic E-state index is -0.674. The molecule has 0 aliphatic carbocycles. The number of hydrogen-bond acceptors (Lipinski definition) is 3. The molecular formula is C27H39BrN2O2. The number of allylic oxidation sites excluding steroid dienone is 1. The van der Waals surface area contributed by atoms with E-state index in [0.717, 1.165) is 42.4 Å². The molecule has 1 heterocycles. The standard InChI is InChI=1S/C16H19BrN2.C11H20O2/c1-19(2)12-10-15(16-5-3-4-11-18-16)13-6-8-14(17)9-7-13;1-2-3-4-5-6-7-8-9-10-11(12)13/h3-9,11,15H,10,12H2,1-2H3;2H,1,3-10H2,(H,12,13)/t15-;/m0./s1. The van der Waals surface area contributed by atoms with Crippen LogP contribution in [-0.4, -0.2) is 41.6 Å². The number of benzene rings is 1. The molecule has 1 aromatic heterocycles. The lowest BCUT2D eigenvalue weighted by atomic mass is 9.92. The predicted octanol–water partition coefficient (Wildman–Crippen LogP) is 7.31. The highest BCUT2D eigenvalue weighted by molar-refractivity contribution is 9.10. The second-order valence-corrected chi connectivity index (χ2v) is 9.21. The lowest BCUT2D eigenvalue weighted by Gasteiger charge is -2.19. The monoisotopic (exact) mass is 502 g/mol. The second kappa shape index (κ2) is 17.6. The molecule has 0 bridgehead atoms. The van der Waals surface area contributed by atoms with E-state index < -0.39 is 5.97 Å². The van der Waals surface area contributed by atoms with Gasteiger partial charge in [-0.15, -0.1) is 6.58 Å². The van der Waals surface area contributed by atoms with E-state index in [4.69, 9.17) is 5.11 Å². The third-order valence-electron chi connectivity index (χ3n) is 5.23. The van der Waals surface area contributed by atoms with Crippen LogP contribution in [-0.2, 0) is 4.79 Å². The molecule has 1 aromatic carbocycles. The quantitative estimate of drug-likeness (QED) is 0.217. The van der Waals surface area contributed by atoms with Crippen molar-refractivity contribution < 1.29 is 9.90 Å². The molecule has 0 saturated heterocycles. The number of halogens is 1. The van der Waals surface area contributed by atoms with Crippen LogP contribution in [0.5, 0.6) is 0 Å². The molecular weight excluding hydrogens is 464 g/mol. The van der Waals surface area contributed by atoms with E-state index >= 15 is 0 Å². The van der Waals surface area contributed by atoms with Gasteiger partial charge in [-0.25, -0.2) is 0 Å². The Morgan fingerprint density at radius 2 is 1.72 bits per heavy atom. The molecule has 1 N–H and O–H groups in total. The maximum atomic E-state index is 10.2. The number of pyridine rings is 1. The Bertz CT molecular complexity index is 748. The first-order chi connectivity index (χ1) is 15.4. The fourth-order valence-corrected chi connectivity index (χ4v) is 3.69. The summed E-state index contributed by atoms with van der Waals surface area (Å²) in [5.74, 6) is -0.316. The molecule has 2 rings (SSSR count). The summed E-state index contributed by atoms with van der Waals surface area (Å²) < 4.78 is 1.11. The van der Waals surface area contributed by atoms with Crippen molar-refractivity contribution >= 4 is 21.9 Å². The van der Waals surface area contributed by atoms with Crippen LogP contribution in [0.2, 0.25) is 0 Å². The van der Waals surface area contributed by atoms with E-state index in [1.54, 1.807) is 0 Å². The van der Waals surface area contributed by atoms with Crippen LogP contribution in [0, 0.1) is 0 Å². The molecule has 0 aliphatic heterocycles. The van der Waals surface area contributed by atoms with Gasteiger partial charge in [-0.1, -0.05) is 65.9 Å². The maximum Gasteiger partial charge on any atom is 0.303 e. The Kier molecular flexibility index (Phi) is 15.4. The molecule has 5 heteroatoms. The van der Waals surface area contributed by atoms with Crippen LogP contribution in [0.25, 0.3) is 0 Å². The number of hydrogen-bond donors (Lipinski definition) is 1. The minimum Gasteiger partial charge on any atom is -0.481 e. The fraction of sp³-hybridized carbons (Fsp3) is 0.481. The van der Waals surface area contributed by atoms with E-state index in [0.29, 0.717) is 12.3 Å². The van der Waals surface area contributed by atoms with Gasteiger partial charge < -0.3 is 10.0 Å². The Hall–Kier alpha value is -1.98. The summed E-state index contributed by atoms with van der Waals surface area (Å²) in [5.41, 5.74) is 2.47. The van der Waals surface area contributed by atoms with Crippen LogP contribution in [0.15, 0.2) is 65.8 Å². The van der Waals surface area contributed by atoms with Gasteiger partial charge >= 0.3 is 5.97 Å². The Morgan fingerprint density at radius 1 is 1.06 bits per heavy atom. The molecule has 176 valence electrons. The third-order valence-corrected chi connectivity index (χ3v) is 5.76. The number of rotatable bonds is 14. The van der Waals surface area contributed by atoms with Crippen molar-refractivity contribution in [1.29, 1.82) is 0 Å². The van der Waals surface area contributed by atoms with Crippen molar-refractivity contribution in [2.24, 2.45) is 0 Å². The number of aromatic nitrogens is 1. The van der Waals surface area contributed by atoms with Crippen molar-refractivity contribution in [3.63, 3.8) is 0 Å². The lowest BCUT2D eigenvalue weighted by Crippen LogP contribution is -2.17. The first-order valence-electron chi connectivity index (χ1n) is 11.6. The van der Waals surface area contributed by atoms with Gasteiger partial charge in [0, 0.05) is 28.7 Å². The zero-order valence-electron chi connectivity index (χ0n) is 19.7. The van der Waals surface area contributed by atoms with E-state index in [9.17, 15) is 4.79 Å². The smallest absolute Gasteiger partial charge is 0.303 e. The van der Waals surface area contributed by atoms with E-state index in [2.05, 4.69) is 82.9 Å². The second-order valence-electron chi connectivity index (χ2n) is 8.29. The highest BCUT2D eigenvalue weighted by atomic mass is 79.9. The van der Waals surface area contributed by atoms with Crippen molar-refractivity contribution in [1.82, 2.24) is 9.88 Å². The summed E-state index contributed by atoms with van der Waals surface area (Å²) in [6.07, 6.45) is 13.1. The van der Waals surface area contributed by atoms with E-state index in [1.807, 2.05) is 18.3 Å². The summed E-state index contributed by atoms with van der Waals surface area (Å²) in [7, 11) is 4.22. The molecule has 0 radical (unpaired) electrons. The molecule has 32 heavy (non-hydrogen) atoms. The van der Waals surface area contributed by atoms with Gasteiger partial charge in [0.05, 0.1) is 0 Å². The minimum absolute atomic E-state index is 0.326. The largest absolute Gasteiger partial charge is 0.481 e. The molecule has 0 saturated carbocycles. The van der Waals surface area contributed by atoms with Crippen molar-refractivity contribution in [2.45, 2.75) is 63.7 Å².